The number of aldehydes is 1. The molecular formula is C10H8N2O3S. The SMILES string of the molecule is Cc1nn(-c2ccc(C=O)s2)cc1C(=O)O. The molecule has 0 bridgehead atoms. The Bertz CT molecular complexity index is 556. The number of hydrogen-bond donors (Lipinski definition) is 1. The van der Waals surface area contributed by atoms with Crippen molar-refractivity contribution in [2.75, 3.05) is 0 Å². The van der Waals surface area contributed by atoms with E-state index in [0.29, 0.717) is 10.6 Å². The maximum absolute atomic E-state index is 10.8. The molecule has 2 heterocycles. The highest BCUT2D eigenvalue weighted by atomic mass is 32.1. The van der Waals surface area contributed by atoms with Crippen LogP contribution in [0.5, 0.6) is 0 Å². The Hall–Kier alpha value is -1.95. The summed E-state index contributed by atoms with van der Waals surface area (Å²) >= 11 is 1.26. The van der Waals surface area contributed by atoms with E-state index in [1.165, 1.54) is 22.2 Å². The Balaban J connectivity index is 2.44. The number of thiophene rings is 1. The molecule has 0 spiro atoms. The Labute approximate surface area is 94.9 Å². The van der Waals surface area contributed by atoms with Crippen molar-refractivity contribution in [3.05, 3.63) is 34.5 Å². The average Bonchev–Trinajstić information content (AvgIpc) is 2.83. The van der Waals surface area contributed by atoms with Crippen LogP contribution in [0.2, 0.25) is 0 Å². The molecule has 82 valence electrons. The third kappa shape index (κ3) is 1.74. The number of carboxylic acids is 1. The van der Waals surface area contributed by atoms with Gasteiger partial charge in [-0.1, -0.05) is 0 Å². The van der Waals surface area contributed by atoms with Crippen molar-refractivity contribution in [1.82, 2.24) is 9.78 Å². The van der Waals surface area contributed by atoms with Gasteiger partial charge in [0.25, 0.3) is 0 Å². The molecule has 2 aromatic rings. The molecule has 5 nitrogen and oxygen atoms in total. The predicted octanol–water partition coefficient (Wildman–Crippen LogP) is 1.75. The zero-order valence-electron chi connectivity index (χ0n) is 8.38. The Morgan fingerprint density at radius 1 is 1.56 bits per heavy atom. The summed E-state index contributed by atoms with van der Waals surface area (Å²) in [7, 11) is 0. The maximum Gasteiger partial charge on any atom is 0.339 e. The fourth-order valence-electron chi connectivity index (χ4n) is 1.31. The number of carboxylic acid groups (broad SMARTS) is 1. The third-order valence-corrected chi connectivity index (χ3v) is 3.08. The van der Waals surface area contributed by atoms with Crippen molar-refractivity contribution in [3.8, 4) is 5.00 Å². The Kier molecular flexibility index (Phi) is 2.57. The minimum Gasteiger partial charge on any atom is -0.478 e. The summed E-state index contributed by atoms with van der Waals surface area (Å²) in [5.41, 5.74) is 0.620. The number of nitrogens with zero attached hydrogens (tertiary/aromatic N) is 2. The van der Waals surface area contributed by atoms with Crippen LogP contribution in [-0.2, 0) is 0 Å². The highest BCUT2D eigenvalue weighted by Crippen LogP contribution is 2.20. The van der Waals surface area contributed by atoms with Gasteiger partial charge >= 0.3 is 5.97 Å². The number of carbonyl (C=O) groups excluding carboxylic acids is 1. The molecule has 0 aromatic carbocycles. The van der Waals surface area contributed by atoms with E-state index in [9.17, 15) is 9.59 Å². The molecule has 0 atom stereocenters. The molecule has 0 fully saturated rings. The largest absolute Gasteiger partial charge is 0.478 e. The van der Waals surface area contributed by atoms with Crippen molar-refractivity contribution in [2.45, 2.75) is 6.92 Å². The van der Waals surface area contributed by atoms with E-state index >= 15 is 0 Å². The van der Waals surface area contributed by atoms with Gasteiger partial charge < -0.3 is 5.11 Å². The van der Waals surface area contributed by atoms with E-state index in [0.717, 1.165) is 11.3 Å². The van der Waals surface area contributed by atoms with E-state index in [1.807, 2.05) is 0 Å². The van der Waals surface area contributed by atoms with E-state index in [4.69, 9.17) is 5.11 Å². The number of aromatic carboxylic acids is 1. The molecule has 0 aliphatic carbocycles. The lowest BCUT2D eigenvalue weighted by Crippen LogP contribution is -1.95. The van der Waals surface area contributed by atoms with Crippen molar-refractivity contribution < 1.29 is 14.7 Å². The van der Waals surface area contributed by atoms with Crippen LogP contribution in [0.1, 0.15) is 25.7 Å². The lowest BCUT2D eigenvalue weighted by Gasteiger charge is -1.93. The van der Waals surface area contributed by atoms with Crippen LogP contribution in [0.3, 0.4) is 0 Å². The molecule has 2 rings (SSSR count). The second kappa shape index (κ2) is 3.90. The third-order valence-electron chi connectivity index (χ3n) is 2.08. The molecule has 0 amide bonds. The van der Waals surface area contributed by atoms with Gasteiger partial charge in [-0.05, 0) is 19.1 Å². The smallest absolute Gasteiger partial charge is 0.339 e. The second-order valence-corrected chi connectivity index (χ2v) is 4.27. The second-order valence-electron chi connectivity index (χ2n) is 3.17. The van der Waals surface area contributed by atoms with Gasteiger partial charge in [-0.25, -0.2) is 9.48 Å². The highest BCUT2D eigenvalue weighted by molar-refractivity contribution is 7.16. The minimum absolute atomic E-state index is 0.168. The molecule has 0 aliphatic heterocycles. The van der Waals surface area contributed by atoms with Gasteiger partial charge in [-0.3, -0.25) is 4.79 Å². The number of carbonyl (C=O) groups is 2. The maximum atomic E-state index is 10.8. The van der Waals surface area contributed by atoms with Crippen LogP contribution in [0, 0.1) is 6.92 Å². The molecule has 2 aromatic heterocycles. The van der Waals surface area contributed by atoms with Gasteiger partial charge in [0.1, 0.15) is 10.6 Å². The van der Waals surface area contributed by atoms with Gasteiger partial charge in [0, 0.05) is 6.20 Å². The zero-order valence-corrected chi connectivity index (χ0v) is 9.19. The average molecular weight is 236 g/mol. The number of rotatable bonds is 3. The van der Waals surface area contributed by atoms with Crippen LogP contribution in [0.15, 0.2) is 18.3 Å². The van der Waals surface area contributed by atoms with Crippen LogP contribution in [0.4, 0.5) is 0 Å². The molecule has 6 heteroatoms. The van der Waals surface area contributed by atoms with Crippen LogP contribution >= 0.6 is 11.3 Å². The monoisotopic (exact) mass is 236 g/mol. The van der Waals surface area contributed by atoms with Crippen molar-refractivity contribution >= 4 is 23.6 Å². The van der Waals surface area contributed by atoms with E-state index < -0.39 is 5.97 Å². The Morgan fingerprint density at radius 2 is 2.31 bits per heavy atom. The molecule has 1 N–H and O–H groups in total. The van der Waals surface area contributed by atoms with Crippen LogP contribution < -0.4 is 0 Å². The summed E-state index contributed by atoms with van der Waals surface area (Å²) in [5, 5.41) is 13.7. The van der Waals surface area contributed by atoms with Gasteiger partial charge in [0.2, 0.25) is 0 Å². The molecule has 0 saturated heterocycles. The van der Waals surface area contributed by atoms with Gasteiger partial charge in [-0.15, -0.1) is 11.3 Å². The first kappa shape index (κ1) is 10.6. The lowest BCUT2D eigenvalue weighted by molar-refractivity contribution is 0.0696. The fraction of sp³-hybridized carbons (Fsp3) is 0.100. The molecule has 0 saturated carbocycles. The lowest BCUT2D eigenvalue weighted by atomic mass is 10.3. The molecule has 0 radical (unpaired) electrons. The summed E-state index contributed by atoms with van der Waals surface area (Å²) in [6.45, 7) is 1.63. The summed E-state index contributed by atoms with van der Waals surface area (Å²) in [6.07, 6.45) is 2.20. The predicted molar refractivity (Wildman–Crippen MR) is 58.5 cm³/mol. The van der Waals surface area contributed by atoms with E-state index in [2.05, 4.69) is 5.10 Å². The van der Waals surface area contributed by atoms with Gasteiger partial charge in [0.05, 0.1) is 10.6 Å². The summed E-state index contributed by atoms with van der Waals surface area (Å²) in [4.78, 5) is 21.9. The zero-order chi connectivity index (χ0) is 11.7. The van der Waals surface area contributed by atoms with E-state index in [1.54, 1.807) is 19.1 Å². The highest BCUT2D eigenvalue weighted by Gasteiger charge is 2.13. The fourth-order valence-corrected chi connectivity index (χ4v) is 2.06. The van der Waals surface area contributed by atoms with Crippen molar-refractivity contribution in [1.29, 1.82) is 0 Å². The van der Waals surface area contributed by atoms with E-state index in [-0.39, 0.29) is 5.56 Å². The minimum atomic E-state index is -1.00. The standard InChI is InChI=1S/C10H8N2O3S/c1-6-8(10(14)15)4-12(11-6)9-3-2-7(5-13)16-9/h2-5H,1H3,(H,14,15). The summed E-state index contributed by atoms with van der Waals surface area (Å²) in [5.74, 6) is -1.00. The topological polar surface area (TPSA) is 72.2 Å². The van der Waals surface area contributed by atoms with Crippen molar-refractivity contribution in [3.63, 3.8) is 0 Å². The first-order chi connectivity index (χ1) is 7.61. The molecule has 16 heavy (non-hydrogen) atoms. The molecular weight excluding hydrogens is 228 g/mol. The number of aromatic nitrogens is 2. The number of aryl methyl sites for hydroxylation is 1. The summed E-state index contributed by atoms with van der Waals surface area (Å²) in [6, 6.07) is 3.40. The first-order valence-electron chi connectivity index (χ1n) is 4.47. The van der Waals surface area contributed by atoms with Crippen molar-refractivity contribution in [2.24, 2.45) is 0 Å². The first-order valence-corrected chi connectivity index (χ1v) is 5.28. The van der Waals surface area contributed by atoms with Gasteiger partial charge in [0.15, 0.2) is 6.29 Å². The normalized spacial score (nSPS) is 10.3. The quantitative estimate of drug-likeness (QED) is 0.824. The summed E-state index contributed by atoms with van der Waals surface area (Å²) < 4.78 is 1.47. The number of hydrogen-bond acceptors (Lipinski definition) is 4. The van der Waals surface area contributed by atoms with Crippen LogP contribution in [0.25, 0.3) is 5.00 Å². The molecule has 0 unspecified atom stereocenters. The van der Waals surface area contributed by atoms with Crippen LogP contribution in [-0.4, -0.2) is 27.1 Å². The van der Waals surface area contributed by atoms with Gasteiger partial charge in [-0.2, -0.15) is 5.10 Å². The Morgan fingerprint density at radius 3 is 2.81 bits per heavy atom. The molecule has 0 aliphatic rings.